The van der Waals surface area contributed by atoms with Crippen molar-refractivity contribution in [1.29, 1.82) is 0 Å². The molecule has 0 spiro atoms. The molecule has 108 valence electrons. The molecule has 21 heavy (non-hydrogen) atoms. The van der Waals surface area contributed by atoms with Crippen LogP contribution in [0.1, 0.15) is 49.2 Å². The van der Waals surface area contributed by atoms with Crippen molar-refractivity contribution in [2.75, 3.05) is 6.61 Å². The standard InChI is InChI=1S/C16H17N3O2/c1-3-21-15(20)16(2)8-12-10-6-4-5-7-11(10)13(16)19-9-17-18-14(12)19/h4-7,9,12-13H,3,8H2,1-2H3. The fourth-order valence-corrected chi connectivity index (χ4v) is 3.94. The van der Waals surface area contributed by atoms with E-state index >= 15 is 0 Å². The first-order chi connectivity index (χ1) is 10.2. The predicted octanol–water partition coefficient (Wildman–Crippen LogP) is 2.29. The molecule has 1 aliphatic carbocycles. The van der Waals surface area contributed by atoms with Gasteiger partial charge in [0.2, 0.25) is 0 Å². The van der Waals surface area contributed by atoms with Gasteiger partial charge in [-0.3, -0.25) is 4.79 Å². The van der Waals surface area contributed by atoms with Gasteiger partial charge in [-0.25, -0.2) is 0 Å². The van der Waals surface area contributed by atoms with Crippen LogP contribution >= 0.6 is 0 Å². The Labute approximate surface area is 122 Å². The normalized spacial score (nSPS) is 28.9. The minimum Gasteiger partial charge on any atom is -0.466 e. The molecule has 3 unspecified atom stereocenters. The molecule has 2 aliphatic heterocycles. The Morgan fingerprint density at radius 1 is 1.43 bits per heavy atom. The van der Waals surface area contributed by atoms with E-state index in [4.69, 9.17) is 4.74 Å². The van der Waals surface area contributed by atoms with Crippen LogP contribution < -0.4 is 0 Å². The van der Waals surface area contributed by atoms with E-state index in [1.807, 2.05) is 30.5 Å². The van der Waals surface area contributed by atoms with E-state index in [1.165, 1.54) is 11.1 Å². The fourth-order valence-electron chi connectivity index (χ4n) is 3.94. The number of esters is 1. The van der Waals surface area contributed by atoms with Gasteiger partial charge in [-0.1, -0.05) is 24.3 Å². The summed E-state index contributed by atoms with van der Waals surface area (Å²) in [4.78, 5) is 12.6. The third-order valence-electron chi connectivity index (χ3n) is 4.83. The number of rotatable bonds is 2. The summed E-state index contributed by atoms with van der Waals surface area (Å²) >= 11 is 0. The summed E-state index contributed by atoms with van der Waals surface area (Å²) in [6.45, 7) is 4.25. The lowest BCUT2D eigenvalue weighted by Crippen LogP contribution is -2.48. The molecule has 2 aromatic rings. The number of nitrogens with zero attached hydrogens (tertiary/aromatic N) is 3. The van der Waals surface area contributed by atoms with Gasteiger partial charge >= 0.3 is 5.97 Å². The zero-order valence-electron chi connectivity index (χ0n) is 12.1. The Morgan fingerprint density at radius 2 is 2.19 bits per heavy atom. The van der Waals surface area contributed by atoms with Crippen LogP contribution in [0, 0.1) is 5.41 Å². The van der Waals surface area contributed by atoms with Crippen molar-refractivity contribution < 1.29 is 9.53 Å². The van der Waals surface area contributed by atoms with Crippen LogP contribution in [0.4, 0.5) is 0 Å². The molecule has 0 amide bonds. The minimum absolute atomic E-state index is 0.0808. The van der Waals surface area contributed by atoms with Gasteiger partial charge in [0.05, 0.1) is 18.1 Å². The largest absolute Gasteiger partial charge is 0.466 e. The maximum Gasteiger partial charge on any atom is 0.314 e. The molecule has 3 atom stereocenters. The van der Waals surface area contributed by atoms with E-state index in [-0.39, 0.29) is 17.9 Å². The van der Waals surface area contributed by atoms with Crippen molar-refractivity contribution >= 4 is 5.97 Å². The summed E-state index contributed by atoms with van der Waals surface area (Å²) in [6.07, 6.45) is 2.46. The topological polar surface area (TPSA) is 57.0 Å². The summed E-state index contributed by atoms with van der Waals surface area (Å²) in [5, 5.41) is 8.33. The molecule has 1 aromatic heterocycles. The first-order valence-corrected chi connectivity index (χ1v) is 7.32. The van der Waals surface area contributed by atoms with Crippen molar-refractivity contribution in [3.05, 3.63) is 47.5 Å². The fraction of sp³-hybridized carbons (Fsp3) is 0.438. The molecule has 2 bridgehead atoms. The molecule has 1 aromatic carbocycles. The number of aromatic nitrogens is 3. The highest BCUT2D eigenvalue weighted by Crippen LogP contribution is 2.57. The zero-order valence-corrected chi connectivity index (χ0v) is 12.1. The predicted molar refractivity (Wildman–Crippen MR) is 75.8 cm³/mol. The molecule has 0 saturated heterocycles. The Bertz CT molecular complexity index is 724. The van der Waals surface area contributed by atoms with Gasteiger partial charge in [-0.05, 0) is 31.4 Å². The van der Waals surface area contributed by atoms with E-state index < -0.39 is 5.41 Å². The Balaban J connectivity index is 1.93. The SMILES string of the molecule is CCOC(=O)C1(C)CC2c3ccccc3C1n1cnnc12. The van der Waals surface area contributed by atoms with E-state index in [9.17, 15) is 4.79 Å². The van der Waals surface area contributed by atoms with Gasteiger partial charge in [-0.15, -0.1) is 10.2 Å². The second kappa shape index (κ2) is 4.16. The molecule has 5 rings (SSSR count). The van der Waals surface area contributed by atoms with E-state index in [0.717, 1.165) is 12.2 Å². The number of carbonyl (C=O) groups is 1. The van der Waals surface area contributed by atoms with Crippen molar-refractivity contribution in [3.8, 4) is 0 Å². The monoisotopic (exact) mass is 283 g/mol. The first-order valence-electron chi connectivity index (χ1n) is 7.32. The number of ether oxygens (including phenoxy) is 1. The molecule has 0 radical (unpaired) electrons. The van der Waals surface area contributed by atoms with E-state index in [0.29, 0.717) is 6.61 Å². The Morgan fingerprint density at radius 3 is 2.95 bits per heavy atom. The number of benzene rings is 1. The van der Waals surface area contributed by atoms with Crippen LogP contribution in [0.3, 0.4) is 0 Å². The van der Waals surface area contributed by atoms with E-state index in [2.05, 4.69) is 22.3 Å². The van der Waals surface area contributed by atoms with Crippen molar-refractivity contribution in [1.82, 2.24) is 14.8 Å². The number of hydrogen-bond donors (Lipinski definition) is 0. The summed E-state index contributed by atoms with van der Waals surface area (Å²) in [5.74, 6) is 0.942. The van der Waals surface area contributed by atoms with Crippen molar-refractivity contribution in [3.63, 3.8) is 0 Å². The maximum absolute atomic E-state index is 12.6. The molecule has 0 fully saturated rings. The van der Waals surface area contributed by atoms with Crippen LogP contribution in [0.25, 0.3) is 0 Å². The molecular weight excluding hydrogens is 266 g/mol. The van der Waals surface area contributed by atoms with Gasteiger partial charge in [0.15, 0.2) is 0 Å². The molecule has 0 N–H and O–H groups in total. The lowest BCUT2D eigenvalue weighted by atomic mass is 9.62. The van der Waals surface area contributed by atoms with Gasteiger partial charge in [-0.2, -0.15) is 0 Å². The smallest absolute Gasteiger partial charge is 0.314 e. The maximum atomic E-state index is 12.6. The molecular formula is C16H17N3O2. The van der Waals surface area contributed by atoms with Crippen molar-refractivity contribution in [2.24, 2.45) is 5.41 Å². The molecule has 5 nitrogen and oxygen atoms in total. The molecule has 5 heteroatoms. The zero-order chi connectivity index (χ0) is 14.6. The Kier molecular flexibility index (Phi) is 2.49. The summed E-state index contributed by atoms with van der Waals surface area (Å²) in [7, 11) is 0. The van der Waals surface area contributed by atoms with Crippen LogP contribution in [0.2, 0.25) is 0 Å². The molecule has 0 saturated carbocycles. The number of fused-ring (bicyclic) bond motifs is 1. The quantitative estimate of drug-likeness (QED) is 0.793. The highest BCUT2D eigenvalue weighted by molar-refractivity contribution is 5.79. The van der Waals surface area contributed by atoms with Gasteiger partial charge in [0.25, 0.3) is 0 Å². The van der Waals surface area contributed by atoms with Crippen LogP contribution in [-0.2, 0) is 9.53 Å². The van der Waals surface area contributed by atoms with Gasteiger partial charge < -0.3 is 9.30 Å². The van der Waals surface area contributed by atoms with Gasteiger partial charge in [0.1, 0.15) is 12.2 Å². The number of hydrogen-bond acceptors (Lipinski definition) is 4. The summed E-state index contributed by atoms with van der Waals surface area (Å²) < 4.78 is 7.40. The van der Waals surface area contributed by atoms with E-state index in [1.54, 1.807) is 6.33 Å². The number of carbonyl (C=O) groups excluding carboxylic acids is 1. The highest BCUT2D eigenvalue weighted by atomic mass is 16.5. The van der Waals surface area contributed by atoms with Crippen molar-refractivity contribution in [2.45, 2.75) is 32.2 Å². The summed E-state index contributed by atoms with van der Waals surface area (Å²) in [6, 6.07) is 8.22. The average molecular weight is 283 g/mol. The highest BCUT2D eigenvalue weighted by Gasteiger charge is 2.55. The average Bonchev–Trinajstić information content (AvgIpc) is 2.97. The van der Waals surface area contributed by atoms with Gasteiger partial charge in [0, 0.05) is 5.92 Å². The van der Waals surface area contributed by atoms with Crippen LogP contribution in [-0.4, -0.2) is 27.3 Å². The summed E-state index contributed by atoms with van der Waals surface area (Å²) in [5.41, 5.74) is 1.89. The third-order valence-corrected chi connectivity index (χ3v) is 4.83. The lowest BCUT2D eigenvalue weighted by molar-refractivity contribution is -0.158. The Hall–Kier alpha value is -2.17. The second-order valence-electron chi connectivity index (χ2n) is 6.02. The lowest BCUT2D eigenvalue weighted by Gasteiger charge is -2.48. The molecule has 3 aliphatic rings. The third kappa shape index (κ3) is 1.49. The van der Waals surface area contributed by atoms with Crippen LogP contribution in [0.15, 0.2) is 30.6 Å². The second-order valence-corrected chi connectivity index (χ2v) is 6.02. The first kappa shape index (κ1) is 12.6. The van der Waals surface area contributed by atoms with Crippen LogP contribution in [0.5, 0.6) is 0 Å². The molecule has 3 heterocycles. The minimum atomic E-state index is -0.565.